The molecule has 33 heavy (non-hydrogen) atoms. The summed E-state index contributed by atoms with van der Waals surface area (Å²) in [7, 11) is 0. The molecule has 184 valence electrons. The van der Waals surface area contributed by atoms with Crippen LogP contribution in [0.25, 0.3) is 0 Å². The van der Waals surface area contributed by atoms with Crippen molar-refractivity contribution in [3.63, 3.8) is 0 Å². The Morgan fingerprint density at radius 2 is 1.85 bits per heavy atom. The molecule has 12 N–H and O–H groups in total. The number of carbonyl (C=O) groups excluding carboxylic acids is 3. The van der Waals surface area contributed by atoms with E-state index in [1.807, 2.05) is 0 Å². The Morgan fingerprint density at radius 1 is 1.15 bits per heavy atom. The number of aliphatic hydroxyl groups excluding tert-OH is 1. The van der Waals surface area contributed by atoms with Crippen LogP contribution in [0.15, 0.2) is 17.5 Å². The fraction of sp³-hybridized carbons (Fsp3) is 0.556. The molecule has 15 nitrogen and oxygen atoms in total. The third-order valence-corrected chi connectivity index (χ3v) is 4.44. The number of aliphatic hydroxyl groups is 1. The van der Waals surface area contributed by atoms with Gasteiger partial charge in [0.05, 0.1) is 19.0 Å². The van der Waals surface area contributed by atoms with Gasteiger partial charge in [-0.15, -0.1) is 0 Å². The summed E-state index contributed by atoms with van der Waals surface area (Å²) in [4.78, 5) is 59.0. The van der Waals surface area contributed by atoms with Gasteiger partial charge >= 0.3 is 5.97 Å². The molecule has 0 saturated heterocycles. The van der Waals surface area contributed by atoms with Crippen LogP contribution in [0, 0.1) is 0 Å². The molecule has 1 aromatic rings. The monoisotopic (exact) mass is 469 g/mol. The lowest BCUT2D eigenvalue weighted by molar-refractivity contribution is -0.143. The lowest BCUT2D eigenvalue weighted by Gasteiger charge is -2.26. The highest BCUT2D eigenvalue weighted by Gasteiger charge is 2.32. The number of H-pyrrole nitrogens is 1. The van der Waals surface area contributed by atoms with Gasteiger partial charge < -0.3 is 48.3 Å². The maximum absolute atomic E-state index is 12.7. The van der Waals surface area contributed by atoms with Gasteiger partial charge in [-0.05, 0) is 19.8 Å². The molecule has 0 saturated carbocycles. The van der Waals surface area contributed by atoms with Crippen molar-refractivity contribution in [2.24, 2.45) is 22.2 Å². The first-order chi connectivity index (χ1) is 15.5. The van der Waals surface area contributed by atoms with E-state index in [0.717, 1.165) is 0 Å². The lowest BCUT2D eigenvalue weighted by Crippen LogP contribution is -2.59. The molecular formula is C18H31N9O6. The van der Waals surface area contributed by atoms with Gasteiger partial charge in [-0.2, -0.15) is 0 Å². The van der Waals surface area contributed by atoms with E-state index < -0.39 is 47.9 Å². The van der Waals surface area contributed by atoms with E-state index in [0.29, 0.717) is 12.1 Å². The van der Waals surface area contributed by atoms with Crippen molar-refractivity contribution in [3.05, 3.63) is 18.2 Å². The van der Waals surface area contributed by atoms with Gasteiger partial charge in [-0.1, -0.05) is 0 Å². The number of nitrogens with zero attached hydrogens (tertiary/aromatic N) is 2. The predicted octanol–water partition coefficient (Wildman–Crippen LogP) is -4.12. The highest BCUT2D eigenvalue weighted by molar-refractivity contribution is 5.93. The fourth-order valence-electron chi connectivity index (χ4n) is 2.76. The molecule has 0 radical (unpaired) electrons. The third kappa shape index (κ3) is 9.96. The number of aromatic amines is 1. The number of nitrogens with one attached hydrogen (secondary N) is 4. The summed E-state index contributed by atoms with van der Waals surface area (Å²) >= 11 is 0. The first kappa shape index (κ1) is 27.3. The summed E-state index contributed by atoms with van der Waals surface area (Å²) in [5, 5.41) is 26.5. The van der Waals surface area contributed by atoms with E-state index in [1.54, 1.807) is 0 Å². The number of carbonyl (C=O) groups is 4. The molecule has 0 spiro atoms. The standard InChI is InChI=1S/C18H31N9O6/c1-9(28)14(16(31)26-12(17(32)33)5-10-7-22-8-24-10)27-15(30)11(25-13(29)6-19)3-2-4-23-18(20)21/h7-9,11-12,14,28H,2-6,19H2,1H3,(H,22,24)(H,25,29)(H,26,31)(H,27,30)(H,32,33)(H4,20,21,23). The Kier molecular flexibility index (Phi) is 11.3. The Hall–Kier alpha value is -3.72. The molecule has 0 aliphatic carbocycles. The van der Waals surface area contributed by atoms with Crippen LogP contribution in [0.5, 0.6) is 0 Å². The number of aliphatic carboxylic acids is 1. The van der Waals surface area contributed by atoms with Crippen LogP contribution >= 0.6 is 0 Å². The number of carboxylic acids is 1. The van der Waals surface area contributed by atoms with Crippen LogP contribution in [0.2, 0.25) is 0 Å². The molecule has 0 bridgehead atoms. The second kappa shape index (κ2) is 13.6. The van der Waals surface area contributed by atoms with Gasteiger partial charge in [0, 0.05) is 24.9 Å². The Labute approximate surface area is 189 Å². The summed E-state index contributed by atoms with van der Waals surface area (Å²) in [6, 6.07) is -3.93. The van der Waals surface area contributed by atoms with Crippen molar-refractivity contribution in [1.29, 1.82) is 0 Å². The highest BCUT2D eigenvalue weighted by atomic mass is 16.4. The van der Waals surface area contributed by atoms with Gasteiger partial charge in [-0.3, -0.25) is 19.4 Å². The van der Waals surface area contributed by atoms with Gasteiger partial charge in [-0.25, -0.2) is 9.78 Å². The molecule has 1 heterocycles. The topological polar surface area (TPSA) is 264 Å². The Morgan fingerprint density at radius 3 is 2.36 bits per heavy atom. The van der Waals surface area contributed by atoms with Crippen molar-refractivity contribution in [2.75, 3.05) is 13.1 Å². The highest BCUT2D eigenvalue weighted by Crippen LogP contribution is 2.04. The molecule has 0 fully saturated rings. The number of carboxylic acid groups (broad SMARTS) is 1. The van der Waals surface area contributed by atoms with E-state index >= 15 is 0 Å². The first-order valence-electron chi connectivity index (χ1n) is 10.1. The summed E-state index contributed by atoms with van der Waals surface area (Å²) in [5.74, 6) is -3.75. The van der Waals surface area contributed by atoms with E-state index in [4.69, 9.17) is 17.2 Å². The third-order valence-electron chi connectivity index (χ3n) is 4.44. The number of aromatic nitrogens is 2. The van der Waals surface area contributed by atoms with Gasteiger partial charge in [0.25, 0.3) is 0 Å². The van der Waals surface area contributed by atoms with Crippen LogP contribution in [0.3, 0.4) is 0 Å². The summed E-state index contributed by atoms with van der Waals surface area (Å²) in [6.07, 6.45) is 1.73. The minimum atomic E-state index is -1.49. The van der Waals surface area contributed by atoms with Crippen LogP contribution < -0.4 is 33.2 Å². The zero-order valence-electron chi connectivity index (χ0n) is 18.2. The van der Waals surface area contributed by atoms with Gasteiger partial charge in [0.15, 0.2) is 5.96 Å². The number of guanidine groups is 1. The van der Waals surface area contributed by atoms with Crippen LogP contribution in [0.1, 0.15) is 25.5 Å². The molecule has 1 aromatic heterocycles. The van der Waals surface area contributed by atoms with Crippen molar-refractivity contribution >= 4 is 29.7 Å². The van der Waals surface area contributed by atoms with Crippen LogP contribution in [0.4, 0.5) is 0 Å². The maximum Gasteiger partial charge on any atom is 0.326 e. The molecule has 0 aliphatic heterocycles. The molecule has 0 aromatic carbocycles. The van der Waals surface area contributed by atoms with Crippen molar-refractivity contribution in [1.82, 2.24) is 25.9 Å². The predicted molar refractivity (Wildman–Crippen MR) is 116 cm³/mol. The minimum absolute atomic E-state index is 0.0957. The second-order valence-corrected chi connectivity index (χ2v) is 7.18. The molecule has 1 rings (SSSR count). The maximum atomic E-state index is 12.7. The Balaban J connectivity index is 2.87. The largest absolute Gasteiger partial charge is 0.480 e. The zero-order chi connectivity index (χ0) is 25.0. The van der Waals surface area contributed by atoms with Crippen molar-refractivity contribution < 1.29 is 29.4 Å². The summed E-state index contributed by atoms with van der Waals surface area (Å²) in [6.45, 7) is 1.08. The smallest absolute Gasteiger partial charge is 0.326 e. The lowest BCUT2D eigenvalue weighted by atomic mass is 10.1. The van der Waals surface area contributed by atoms with E-state index in [9.17, 15) is 29.4 Å². The average molecular weight is 470 g/mol. The number of hydrogen-bond acceptors (Lipinski definition) is 8. The van der Waals surface area contributed by atoms with Crippen LogP contribution in [-0.4, -0.2) is 87.2 Å². The van der Waals surface area contributed by atoms with Gasteiger partial charge in [0.2, 0.25) is 17.7 Å². The molecule has 0 aliphatic rings. The summed E-state index contributed by atoms with van der Waals surface area (Å²) in [5.41, 5.74) is 16.2. The number of hydrogen-bond donors (Lipinski definition) is 9. The van der Waals surface area contributed by atoms with Gasteiger partial charge in [0.1, 0.15) is 18.1 Å². The number of imidazole rings is 1. The van der Waals surface area contributed by atoms with Crippen molar-refractivity contribution in [2.45, 2.75) is 50.4 Å². The normalized spacial score (nSPS) is 14.3. The van der Waals surface area contributed by atoms with Crippen LogP contribution in [-0.2, 0) is 25.6 Å². The first-order valence-corrected chi connectivity index (χ1v) is 10.1. The summed E-state index contributed by atoms with van der Waals surface area (Å²) < 4.78 is 0. The quantitative estimate of drug-likeness (QED) is 0.0721. The molecular weight excluding hydrogens is 438 g/mol. The molecule has 15 heteroatoms. The number of aliphatic imine (C=N–C) groups is 1. The zero-order valence-corrected chi connectivity index (χ0v) is 18.2. The molecule has 4 unspecified atom stereocenters. The van der Waals surface area contributed by atoms with E-state index in [-0.39, 0.29) is 31.9 Å². The second-order valence-electron chi connectivity index (χ2n) is 7.18. The Bertz CT molecular complexity index is 823. The number of rotatable bonds is 14. The number of nitrogens with two attached hydrogens (primary N) is 3. The SMILES string of the molecule is CC(O)C(NC(=O)C(CCCN=C(N)N)NC(=O)CN)C(=O)NC(Cc1cnc[nH]1)C(=O)O. The van der Waals surface area contributed by atoms with E-state index in [1.165, 1.54) is 19.4 Å². The van der Waals surface area contributed by atoms with Crippen molar-refractivity contribution in [3.8, 4) is 0 Å². The minimum Gasteiger partial charge on any atom is -0.480 e. The van der Waals surface area contributed by atoms with E-state index in [2.05, 4.69) is 30.9 Å². The number of amides is 3. The fourth-order valence-corrected chi connectivity index (χ4v) is 2.76. The average Bonchev–Trinajstić information content (AvgIpc) is 3.25. The molecule has 4 atom stereocenters. The molecule has 3 amide bonds.